The number of rotatable bonds is 11. The quantitative estimate of drug-likeness (QED) is 0.377. The van der Waals surface area contributed by atoms with E-state index in [0.29, 0.717) is 0 Å². The van der Waals surface area contributed by atoms with E-state index in [1.165, 1.54) is 38.5 Å². The van der Waals surface area contributed by atoms with E-state index in [1.54, 1.807) is 0 Å². The van der Waals surface area contributed by atoms with Gasteiger partial charge >= 0.3 is 0 Å². The topological polar surface area (TPSA) is 0 Å². The van der Waals surface area contributed by atoms with Gasteiger partial charge in [0.25, 0.3) is 0 Å². The Hall–Kier alpha value is 0.350. The first-order chi connectivity index (χ1) is 8.90. The molecule has 0 aromatic heterocycles. The van der Waals surface area contributed by atoms with Gasteiger partial charge in [-0.2, -0.15) is 11.8 Å². The predicted octanol–water partition coefficient (Wildman–Crippen LogP) is 6.79. The third kappa shape index (κ3) is 9.00. The zero-order valence-corrected chi connectivity index (χ0v) is 15.4. The molecule has 0 aromatic rings. The van der Waals surface area contributed by atoms with Crippen molar-refractivity contribution in [3.8, 4) is 0 Å². The molecule has 0 aromatic carbocycles. The van der Waals surface area contributed by atoms with Crippen molar-refractivity contribution < 1.29 is 0 Å². The van der Waals surface area contributed by atoms with Crippen LogP contribution in [0, 0.1) is 17.8 Å². The lowest BCUT2D eigenvalue weighted by molar-refractivity contribution is 0.384. The van der Waals surface area contributed by atoms with Gasteiger partial charge < -0.3 is 0 Å². The Morgan fingerprint density at radius 2 is 1.32 bits per heavy atom. The van der Waals surface area contributed by atoms with Crippen molar-refractivity contribution >= 4 is 11.8 Å². The molecule has 0 bridgehead atoms. The van der Waals surface area contributed by atoms with Crippen LogP contribution in [0.25, 0.3) is 0 Å². The summed E-state index contributed by atoms with van der Waals surface area (Å²) < 4.78 is 0. The first-order valence-electron chi connectivity index (χ1n) is 8.55. The molecule has 0 spiro atoms. The molecule has 0 heterocycles. The van der Waals surface area contributed by atoms with Gasteiger partial charge in [0.15, 0.2) is 0 Å². The molecule has 3 unspecified atom stereocenters. The summed E-state index contributed by atoms with van der Waals surface area (Å²) in [5, 5.41) is 1.65. The summed E-state index contributed by atoms with van der Waals surface area (Å²) in [4.78, 5) is 0. The van der Waals surface area contributed by atoms with Crippen molar-refractivity contribution in [2.24, 2.45) is 17.8 Å². The van der Waals surface area contributed by atoms with Gasteiger partial charge in [-0.1, -0.05) is 80.6 Å². The van der Waals surface area contributed by atoms with Crippen molar-refractivity contribution in [2.75, 3.05) is 0 Å². The Bertz CT molecular complexity index is 198. The Morgan fingerprint density at radius 1 is 0.737 bits per heavy atom. The highest BCUT2D eigenvalue weighted by atomic mass is 32.2. The van der Waals surface area contributed by atoms with Crippen LogP contribution in [0.1, 0.15) is 87.0 Å². The van der Waals surface area contributed by atoms with Crippen LogP contribution in [0.3, 0.4) is 0 Å². The second-order valence-electron chi connectivity index (χ2n) is 6.93. The smallest absolute Gasteiger partial charge is 0.00779 e. The molecule has 0 radical (unpaired) electrons. The van der Waals surface area contributed by atoms with Crippen LogP contribution in [0.4, 0.5) is 0 Å². The lowest BCUT2D eigenvalue weighted by atomic mass is 9.91. The average Bonchev–Trinajstić information content (AvgIpc) is 2.35. The van der Waals surface area contributed by atoms with Crippen LogP contribution in [0.15, 0.2) is 0 Å². The molecule has 116 valence electrons. The maximum Gasteiger partial charge on any atom is 0.00779 e. The highest BCUT2D eigenvalue weighted by Gasteiger charge is 2.23. The number of hydrogen-bond donors (Lipinski definition) is 0. The van der Waals surface area contributed by atoms with E-state index in [2.05, 4.69) is 60.2 Å². The summed E-state index contributed by atoms with van der Waals surface area (Å²) in [7, 11) is 0. The molecule has 0 fully saturated rings. The van der Waals surface area contributed by atoms with Gasteiger partial charge in [0, 0.05) is 10.5 Å². The molecule has 0 saturated carbocycles. The second-order valence-corrected chi connectivity index (χ2v) is 8.55. The van der Waals surface area contributed by atoms with Crippen LogP contribution < -0.4 is 0 Å². The van der Waals surface area contributed by atoms with Crippen LogP contribution >= 0.6 is 11.8 Å². The fourth-order valence-corrected chi connectivity index (χ4v) is 4.00. The minimum Gasteiger partial charge on any atom is -0.155 e. The molecule has 3 atom stereocenters. The maximum absolute atomic E-state index is 2.46. The lowest BCUT2D eigenvalue weighted by Gasteiger charge is -2.30. The molecular formula is C18H38S. The largest absolute Gasteiger partial charge is 0.155 e. The molecule has 0 N–H and O–H groups in total. The number of hydrogen-bond acceptors (Lipinski definition) is 1. The summed E-state index contributed by atoms with van der Waals surface area (Å²) in [6, 6.07) is 0. The third-order valence-electron chi connectivity index (χ3n) is 4.56. The highest BCUT2D eigenvalue weighted by molar-refractivity contribution is 8.00. The van der Waals surface area contributed by atoms with E-state index >= 15 is 0 Å². The number of unbranched alkanes of at least 4 members (excludes halogenated alkanes) is 4. The van der Waals surface area contributed by atoms with E-state index in [1.807, 2.05) is 0 Å². The van der Waals surface area contributed by atoms with E-state index in [-0.39, 0.29) is 0 Å². The Balaban J connectivity index is 4.18. The van der Waals surface area contributed by atoms with Gasteiger partial charge in [0.2, 0.25) is 0 Å². The molecule has 0 aliphatic heterocycles. The Morgan fingerprint density at radius 3 is 1.79 bits per heavy atom. The zero-order valence-electron chi connectivity index (χ0n) is 14.5. The molecule has 0 amide bonds. The number of thioether (sulfide) groups is 1. The Kier molecular flexibility index (Phi) is 11.3. The average molecular weight is 287 g/mol. The first kappa shape index (κ1) is 19.4. The summed E-state index contributed by atoms with van der Waals surface area (Å²) >= 11 is 2.25. The molecule has 19 heavy (non-hydrogen) atoms. The van der Waals surface area contributed by atoms with Crippen molar-refractivity contribution in [2.45, 2.75) is 97.5 Å². The predicted molar refractivity (Wildman–Crippen MR) is 93.1 cm³/mol. The van der Waals surface area contributed by atoms with Crippen LogP contribution in [0.2, 0.25) is 0 Å². The second kappa shape index (κ2) is 11.1. The van der Waals surface area contributed by atoms with Gasteiger partial charge in [-0.3, -0.25) is 0 Å². The molecule has 0 nitrogen and oxygen atoms in total. The van der Waals surface area contributed by atoms with Gasteiger partial charge in [-0.25, -0.2) is 0 Å². The normalized spacial score (nSPS) is 16.9. The zero-order chi connectivity index (χ0) is 14.8. The van der Waals surface area contributed by atoms with Crippen molar-refractivity contribution in [1.82, 2.24) is 0 Å². The summed E-state index contributed by atoms with van der Waals surface area (Å²) in [5.41, 5.74) is 0. The van der Waals surface area contributed by atoms with Crippen LogP contribution in [-0.2, 0) is 0 Å². The molecule has 0 aliphatic rings. The van der Waals surface area contributed by atoms with Crippen molar-refractivity contribution in [1.29, 1.82) is 0 Å². The lowest BCUT2D eigenvalue weighted by Crippen LogP contribution is -2.23. The SMILES string of the molecule is CCCCCCCC(SC(C)C(C)C)C(C)C(C)C. The molecular weight excluding hydrogens is 248 g/mol. The maximum atomic E-state index is 2.46. The van der Waals surface area contributed by atoms with Gasteiger partial charge in [0.05, 0.1) is 0 Å². The summed E-state index contributed by atoms with van der Waals surface area (Å²) in [6.45, 7) is 16.6. The van der Waals surface area contributed by atoms with Gasteiger partial charge in [0.1, 0.15) is 0 Å². The molecule has 1 heteroatoms. The summed E-state index contributed by atoms with van der Waals surface area (Å²) in [6.07, 6.45) is 8.49. The van der Waals surface area contributed by atoms with E-state index < -0.39 is 0 Å². The molecule has 0 aliphatic carbocycles. The monoisotopic (exact) mass is 286 g/mol. The molecule has 0 rings (SSSR count). The third-order valence-corrected chi connectivity index (χ3v) is 6.55. The Labute approximate surface area is 127 Å². The fourth-order valence-electron chi connectivity index (χ4n) is 2.27. The summed E-state index contributed by atoms with van der Waals surface area (Å²) in [5.74, 6) is 2.46. The highest BCUT2D eigenvalue weighted by Crippen LogP contribution is 2.34. The van der Waals surface area contributed by atoms with E-state index in [4.69, 9.17) is 0 Å². The van der Waals surface area contributed by atoms with Crippen molar-refractivity contribution in [3.63, 3.8) is 0 Å². The van der Waals surface area contributed by atoms with Crippen molar-refractivity contribution in [3.05, 3.63) is 0 Å². The van der Waals surface area contributed by atoms with Crippen LogP contribution in [-0.4, -0.2) is 10.5 Å². The van der Waals surface area contributed by atoms with Gasteiger partial charge in [-0.15, -0.1) is 0 Å². The van der Waals surface area contributed by atoms with E-state index in [0.717, 1.165) is 28.3 Å². The minimum atomic E-state index is 0.793. The van der Waals surface area contributed by atoms with Gasteiger partial charge in [-0.05, 0) is 24.2 Å². The van der Waals surface area contributed by atoms with Crippen LogP contribution in [0.5, 0.6) is 0 Å². The molecule has 0 saturated heterocycles. The van der Waals surface area contributed by atoms with E-state index in [9.17, 15) is 0 Å². The minimum absolute atomic E-state index is 0.793. The fraction of sp³-hybridized carbons (Fsp3) is 1.00. The standard InChI is InChI=1S/C18H38S/c1-8-9-10-11-12-13-18(16(6)14(2)3)19-17(7)15(4)5/h14-18H,8-13H2,1-7H3. The first-order valence-corrected chi connectivity index (χ1v) is 9.49.